The number of rotatable bonds is 5. The number of halogens is 3. The van der Waals surface area contributed by atoms with Crippen molar-refractivity contribution < 1.29 is 22.8 Å². The molecular weight excluding hydrogens is 371 g/mol. The highest BCUT2D eigenvalue weighted by Crippen LogP contribution is 2.29. The van der Waals surface area contributed by atoms with Crippen LogP contribution in [-0.4, -0.2) is 54.3 Å². The molecule has 1 saturated heterocycles. The summed E-state index contributed by atoms with van der Waals surface area (Å²) in [4.78, 5) is 28.0. The van der Waals surface area contributed by atoms with Gasteiger partial charge >= 0.3 is 6.18 Å². The quantitative estimate of drug-likeness (QED) is 0.828. The first-order valence-corrected chi connectivity index (χ1v) is 9.41. The van der Waals surface area contributed by atoms with Gasteiger partial charge in [0, 0.05) is 51.1 Å². The zero-order valence-electron chi connectivity index (χ0n) is 16.6. The Hall–Kier alpha value is -2.09. The van der Waals surface area contributed by atoms with E-state index in [1.54, 1.807) is 4.90 Å². The SMILES string of the molecule is CC(C)(C)C(=O)NCCC(=O)N1CCN(Cc2ccc(C(F)(F)F)cc2)CC1. The van der Waals surface area contributed by atoms with Crippen LogP contribution in [0.15, 0.2) is 24.3 Å². The third-order valence-corrected chi connectivity index (χ3v) is 4.72. The van der Waals surface area contributed by atoms with Crippen molar-refractivity contribution in [3.8, 4) is 0 Å². The minimum absolute atomic E-state index is 0.00314. The van der Waals surface area contributed by atoms with E-state index in [-0.39, 0.29) is 18.2 Å². The van der Waals surface area contributed by atoms with Crippen LogP contribution in [0.2, 0.25) is 0 Å². The molecule has 156 valence electrons. The predicted octanol–water partition coefficient (Wildman–Crippen LogP) is 2.90. The van der Waals surface area contributed by atoms with Crippen LogP contribution in [0.25, 0.3) is 0 Å². The molecule has 2 rings (SSSR count). The molecule has 0 aromatic heterocycles. The average molecular weight is 399 g/mol. The van der Waals surface area contributed by atoms with Gasteiger partial charge in [0.25, 0.3) is 0 Å². The molecule has 2 amide bonds. The number of alkyl halides is 3. The normalized spacial score (nSPS) is 16.1. The molecule has 1 N–H and O–H groups in total. The molecule has 5 nitrogen and oxygen atoms in total. The van der Waals surface area contributed by atoms with Crippen molar-refractivity contribution in [1.29, 1.82) is 0 Å². The van der Waals surface area contributed by atoms with E-state index < -0.39 is 17.2 Å². The van der Waals surface area contributed by atoms with Crippen LogP contribution in [0.5, 0.6) is 0 Å². The van der Waals surface area contributed by atoms with E-state index in [9.17, 15) is 22.8 Å². The van der Waals surface area contributed by atoms with E-state index in [0.717, 1.165) is 17.7 Å². The Morgan fingerprint density at radius 2 is 1.57 bits per heavy atom. The topological polar surface area (TPSA) is 52.7 Å². The molecule has 1 heterocycles. The first-order chi connectivity index (χ1) is 13.0. The second-order valence-electron chi connectivity index (χ2n) is 8.11. The van der Waals surface area contributed by atoms with E-state index in [1.165, 1.54) is 12.1 Å². The number of hydrogen-bond donors (Lipinski definition) is 1. The van der Waals surface area contributed by atoms with Gasteiger partial charge in [0.1, 0.15) is 0 Å². The minimum Gasteiger partial charge on any atom is -0.355 e. The van der Waals surface area contributed by atoms with Gasteiger partial charge in [-0.3, -0.25) is 14.5 Å². The number of nitrogens with zero attached hydrogens (tertiary/aromatic N) is 2. The Balaban J connectivity index is 1.73. The lowest BCUT2D eigenvalue weighted by Gasteiger charge is -2.35. The largest absolute Gasteiger partial charge is 0.416 e. The second kappa shape index (κ2) is 8.94. The average Bonchev–Trinajstić information content (AvgIpc) is 2.61. The Labute approximate surface area is 163 Å². The predicted molar refractivity (Wildman–Crippen MR) is 100 cm³/mol. The Kier molecular flexibility index (Phi) is 7.09. The third-order valence-electron chi connectivity index (χ3n) is 4.72. The summed E-state index contributed by atoms with van der Waals surface area (Å²) in [5.74, 6) is -0.0787. The van der Waals surface area contributed by atoms with Crippen molar-refractivity contribution in [2.75, 3.05) is 32.7 Å². The number of carbonyl (C=O) groups excluding carboxylic acids is 2. The smallest absolute Gasteiger partial charge is 0.355 e. The molecule has 0 unspecified atom stereocenters. The van der Waals surface area contributed by atoms with Crippen LogP contribution in [-0.2, 0) is 22.3 Å². The highest BCUT2D eigenvalue weighted by molar-refractivity contribution is 5.82. The molecule has 0 atom stereocenters. The van der Waals surface area contributed by atoms with Crippen molar-refractivity contribution in [1.82, 2.24) is 15.1 Å². The maximum atomic E-state index is 12.6. The van der Waals surface area contributed by atoms with Gasteiger partial charge in [0.2, 0.25) is 11.8 Å². The Morgan fingerprint density at radius 1 is 1.00 bits per heavy atom. The van der Waals surface area contributed by atoms with Gasteiger partial charge < -0.3 is 10.2 Å². The van der Waals surface area contributed by atoms with Crippen LogP contribution >= 0.6 is 0 Å². The molecule has 1 aromatic rings. The summed E-state index contributed by atoms with van der Waals surface area (Å²) in [6.45, 7) is 8.82. The summed E-state index contributed by atoms with van der Waals surface area (Å²) in [6.07, 6.45) is -4.06. The van der Waals surface area contributed by atoms with E-state index >= 15 is 0 Å². The Morgan fingerprint density at radius 3 is 2.07 bits per heavy atom. The number of benzene rings is 1. The molecule has 0 saturated carbocycles. The van der Waals surface area contributed by atoms with Gasteiger partial charge in [-0.1, -0.05) is 32.9 Å². The second-order valence-corrected chi connectivity index (χ2v) is 8.11. The first-order valence-electron chi connectivity index (χ1n) is 9.41. The van der Waals surface area contributed by atoms with Gasteiger partial charge in [-0.15, -0.1) is 0 Å². The maximum absolute atomic E-state index is 12.6. The molecule has 0 bridgehead atoms. The van der Waals surface area contributed by atoms with Gasteiger partial charge in [-0.25, -0.2) is 0 Å². The summed E-state index contributed by atoms with van der Waals surface area (Å²) in [7, 11) is 0. The van der Waals surface area contributed by atoms with Gasteiger partial charge in [-0.05, 0) is 17.7 Å². The fourth-order valence-electron chi connectivity index (χ4n) is 2.92. The zero-order chi connectivity index (χ0) is 20.9. The fraction of sp³-hybridized carbons (Fsp3) is 0.600. The van der Waals surface area contributed by atoms with Crippen molar-refractivity contribution in [3.63, 3.8) is 0 Å². The monoisotopic (exact) mass is 399 g/mol. The highest BCUT2D eigenvalue weighted by atomic mass is 19.4. The molecule has 28 heavy (non-hydrogen) atoms. The van der Waals surface area contributed by atoms with Crippen LogP contribution < -0.4 is 5.32 Å². The van der Waals surface area contributed by atoms with Crippen LogP contribution in [0.4, 0.5) is 13.2 Å². The summed E-state index contributed by atoms with van der Waals surface area (Å²) in [5.41, 5.74) is -0.310. The van der Waals surface area contributed by atoms with E-state index in [4.69, 9.17) is 0 Å². The third kappa shape index (κ3) is 6.51. The highest BCUT2D eigenvalue weighted by Gasteiger charge is 2.30. The molecule has 1 aromatic carbocycles. The van der Waals surface area contributed by atoms with Crippen molar-refractivity contribution in [3.05, 3.63) is 35.4 Å². The van der Waals surface area contributed by atoms with Crippen LogP contribution in [0.1, 0.15) is 38.3 Å². The molecule has 1 aliphatic rings. The standard InChI is InChI=1S/C20H28F3N3O2/c1-19(2,3)18(28)24-9-8-17(27)26-12-10-25(11-13-26)14-15-4-6-16(7-5-15)20(21,22)23/h4-7H,8-14H2,1-3H3,(H,24,28). The Bertz CT molecular complexity index is 673. The molecular formula is C20H28F3N3O2. The number of carbonyl (C=O) groups is 2. The molecule has 0 radical (unpaired) electrons. The van der Waals surface area contributed by atoms with Crippen molar-refractivity contribution in [2.24, 2.45) is 5.41 Å². The maximum Gasteiger partial charge on any atom is 0.416 e. The summed E-state index contributed by atoms with van der Waals surface area (Å²) in [6, 6.07) is 5.19. The van der Waals surface area contributed by atoms with Crippen molar-refractivity contribution >= 4 is 11.8 Å². The molecule has 8 heteroatoms. The molecule has 0 spiro atoms. The van der Waals surface area contributed by atoms with Crippen LogP contribution in [0, 0.1) is 5.41 Å². The molecule has 0 aliphatic carbocycles. The van der Waals surface area contributed by atoms with Gasteiger partial charge in [-0.2, -0.15) is 13.2 Å². The summed E-state index contributed by atoms with van der Waals surface area (Å²) < 4.78 is 37.9. The number of nitrogens with one attached hydrogen (secondary N) is 1. The van der Waals surface area contributed by atoms with Crippen LogP contribution in [0.3, 0.4) is 0 Å². The summed E-state index contributed by atoms with van der Waals surface area (Å²) in [5, 5.41) is 2.77. The first kappa shape index (κ1) is 22.2. The minimum atomic E-state index is -4.32. The van der Waals surface area contributed by atoms with Gasteiger partial charge in [0.05, 0.1) is 5.56 Å². The number of amides is 2. The molecule has 1 fully saturated rings. The lowest BCUT2D eigenvalue weighted by Crippen LogP contribution is -2.49. The fourth-order valence-corrected chi connectivity index (χ4v) is 2.92. The molecule has 1 aliphatic heterocycles. The number of hydrogen-bond acceptors (Lipinski definition) is 3. The zero-order valence-corrected chi connectivity index (χ0v) is 16.6. The van der Waals surface area contributed by atoms with Crippen molar-refractivity contribution in [2.45, 2.75) is 39.9 Å². The van der Waals surface area contributed by atoms with E-state index in [0.29, 0.717) is 39.3 Å². The van der Waals surface area contributed by atoms with E-state index in [2.05, 4.69) is 10.2 Å². The lowest BCUT2D eigenvalue weighted by molar-refractivity contribution is -0.137. The lowest BCUT2D eigenvalue weighted by atomic mass is 9.96. The van der Waals surface area contributed by atoms with E-state index in [1.807, 2.05) is 20.8 Å². The summed E-state index contributed by atoms with van der Waals surface area (Å²) >= 11 is 0. The number of piperazine rings is 1. The van der Waals surface area contributed by atoms with Gasteiger partial charge in [0.15, 0.2) is 0 Å².